The molecule has 0 bridgehead atoms. The standard InChI is InChI=1S/C15H28N2O3/c1-5-15(7-6-8-15)10-16-13(20)17-11(9-12(18)19)14(2,3)4/h11H,5-10H2,1-4H3,(H,18,19)(H2,16,17,20). The van der Waals surface area contributed by atoms with Gasteiger partial charge in [-0.25, -0.2) is 4.79 Å². The van der Waals surface area contributed by atoms with Crippen molar-refractivity contribution in [1.82, 2.24) is 10.6 Å². The predicted molar refractivity (Wildman–Crippen MR) is 78.6 cm³/mol. The molecule has 2 amide bonds. The number of amides is 2. The van der Waals surface area contributed by atoms with Crippen LogP contribution in [0.2, 0.25) is 0 Å². The molecule has 0 spiro atoms. The molecule has 1 atom stereocenters. The van der Waals surface area contributed by atoms with Crippen LogP contribution < -0.4 is 10.6 Å². The Hall–Kier alpha value is -1.26. The summed E-state index contributed by atoms with van der Waals surface area (Å²) in [4.78, 5) is 22.9. The quantitative estimate of drug-likeness (QED) is 0.701. The molecular weight excluding hydrogens is 256 g/mol. The summed E-state index contributed by atoms with van der Waals surface area (Å²) >= 11 is 0. The minimum Gasteiger partial charge on any atom is -0.481 e. The number of carbonyl (C=O) groups excluding carboxylic acids is 1. The molecule has 0 radical (unpaired) electrons. The van der Waals surface area contributed by atoms with Crippen molar-refractivity contribution in [1.29, 1.82) is 0 Å². The van der Waals surface area contributed by atoms with Gasteiger partial charge in [-0.2, -0.15) is 0 Å². The summed E-state index contributed by atoms with van der Waals surface area (Å²) in [5.41, 5.74) is -0.0178. The third-order valence-electron chi connectivity index (χ3n) is 4.52. The first-order chi connectivity index (χ1) is 9.18. The lowest BCUT2D eigenvalue weighted by Gasteiger charge is -2.41. The normalized spacial score (nSPS) is 18.8. The number of rotatable bonds is 6. The van der Waals surface area contributed by atoms with E-state index in [1.54, 1.807) is 0 Å². The maximum absolute atomic E-state index is 12.0. The number of hydrogen-bond acceptors (Lipinski definition) is 2. The second-order valence-corrected chi connectivity index (χ2v) is 7.05. The molecule has 1 saturated carbocycles. The lowest BCUT2D eigenvalue weighted by Crippen LogP contribution is -2.51. The Morgan fingerprint density at radius 1 is 1.30 bits per heavy atom. The van der Waals surface area contributed by atoms with Gasteiger partial charge in [0.05, 0.1) is 6.42 Å². The molecule has 0 saturated heterocycles. The van der Waals surface area contributed by atoms with Crippen molar-refractivity contribution in [2.24, 2.45) is 10.8 Å². The monoisotopic (exact) mass is 284 g/mol. The Morgan fingerprint density at radius 3 is 2.25 bits per heavy atom. The molecule has 5 nitrogen and oxygen atoms in total. The van der Waals surface area contributed by atoms with E-state index in [0.29, 0.717) is 6.54 Å². The summed E-state index contributed by atoms with van der Waals surface area (Å²) in [6.45, 7) is 8.63. The highest BCUT2D eigenvalue weighted by molar-refractivity contribution is 5.76. The van der Waals surface area contributed by atoms with Crippen molar-refractivity contribution in [3.05, 3.63) is 0 Å². The molecule has 0 heterocycles. The van der Waals surface area contributed by atoms with Gasteiger partial charge in [0, 0.05) is 12.6 Å². The lowest BCUT2D eigenvalue weighted by molar-refractivity contribution is -0.138. The van der Waals surface area contributed by atoms with Crippen LogP contribution in [0.4, 0.5) is 4.79 Å². The van der Waals surface area contributed by atoms with Crippen LogP contribution in [0, 0.1) is 10.8 Å². The van der Waals surface area contributed by atoms with E-state index in [-0.39, 0.29) is 29.3 Å². The molecule has 5 heteroatoms. The average Bonchev–Trinajstić information content (AvgIpc) is 2.25. The molecule has 20 heavy (non-hydrogen) atoms. The third kappa shape index (κ3) is 4.69. The fraction of sp³-hybridized carbons (Fsp3) is 0.867. The van der Waals surface area contributed by atoms with Gasteiger partial charge in [0.1, 0.15) is 0 Å². The second kappa shape index (κ2) is 6.46. The van der Waals surface area contributed by atoms with Gasteiger partial charge in [-0.3, -0.25) is 4.79 Å². The van der Waals surface area contributed by atoms with Crippen molar-refractivity contribution >= 4 is 12.0 Å². The van der Waals surface area contributed by atoms with E-state index in [1.807, 2.05) is 20.8 Å². The van der Waals surface area contributed by atoms with Crippen LogP contribution in [0.5, 0.6) is 0 Å². The number of carbonyl (C=O) groups is 2. The van der Waals surface area contributed by atoms with Gasteiger partial charge in [0.15, 0.2) is 0 Å². The SMILES string of the molecule is CCC1(CNC(=O)NC(CC(=O)O)C(C)(C)C)CCC1. The highest BCUT2D eigenvalue weighted by Crippen LogP contribution is 2.43. The number of urea groups is 1. The highest BCUT2D eigenvalue weighted by atomic mass is 16.4. The maximum atomic E-state index is 12.0. The van der Waals surface area contributed by atoms with Crippen molar-refractivity contribution in [2.45, 2.75) is 65.8 Å². The molecule has 1 rings (SSSR count). The Bertz CT molecular complexity index is 351. The zero-order valence-corrected chi connectivity index (χ0v) is 13.1. The zero-order valence-electron chi connectivity index (χ0n) is 13.1. The van der Waals surface area contributed by atoms with Gasteiger partial charge >= 0.3 is 12.0 Å². The van der Waals surface area contributed by atoms with E-state index in [0.717, 1.165) is 6.42 Å². The number of aliphatic carboxylic acids is 1. The van der Waals surface area contributed by atoms with Crippen molar-refractivity contribution in [3.8, 4) is 0 Å². The van der Waals surface area contributed by atoms with Crippen LogP contribution in [-0.2, 0) is 4.79 Å². The van der Waals surface area contributed by atoms with Gasteiger partial charge in [0.25, 0.3) is 0 Å². The number of carboxylic acids is 1. The van der Waals surface area contributed by atoms with Gasteiger partial charge < -0.3 is 15.7 Å². The number of nitrogens with one attached hydrogen (secondary N) is 2. The molecule has 0 aromatic carbocycles. The molecule has 0 aromatic heterocycles. The summed E-state index contributed by atoms with van der Waals surface area (Å²) in [7, 11) is 0. The second-order valence-electron chi connectivity index (χ2n) is 7.05. The summed E-state index contributed by atoms with van der Waals surface area (Å²) < 4.78 is 0. The smallest absolute Gasteiger partial charge is 0.315 e. The average molecular weight is 284 g/mol. The lowest BCUT2D eigenvalue weighted by atomic mass is 9.67. The van der Waals surface area contributed by atoms with E-state index in [4.69, 9.17) is 5.11 Å². The first-order valence-corrected chi connectivity index (χ1v) is 7.45. The largest absolute Gasteiger partial charge is 0.481 e. The highest BCUT2D eigenvalue weighted by Gasteiger charge is 2.35. The van der Waals surface area contributed by atoms with Crippen LogP contribution in [0.25, 0.3) is 0 Å². The van der Waals surface area contributed by atoms with Crippen LogP contribution in [0.1, 0.15) is 59.8 Å². The Balaban J connectivity index is 2.47. The van der Waals surface area contributed by atoms with Crippen LogP contribution >= 0.6 is 0 Å². The molecule has 1 fully saturated rings. The van der Waals surface area contributed by atoms with E-state index in [2.05, 4.69) is 17.6 Å². The molecule has 1 aliphatic carbocycles. The minimum absolute atomic E-state index is 0.0597. The van der Waals surface area contributed by atoms with E-state index in [1.165, 1.54) is 19.3 Å². The number of carboxylic acid groups (broad SMARTS) is 1. The first-order valence-electron chi connectivity index (χ1n) is 7.45. The predicted octanol–water partition coefficient (Wildman–Crippen LogP) is 2.76. The summed E-state index contributed by atoms with van der Waals surface area (Å²) in [6, 6.07) is -0.634. The topological polar surface area (TPSA) is 78.4 Å². The molecule has 116 valence electrons. The maximum Gasteiger partial charge on any atom is 0.315 e. The van der Waals surface area contributed by atoms with E-state index < -0.39 is 5.97 Å². The van der Waals surface area contributed by atoms with E-state index >= 15 is 0 Å². The Labute approximate surface area is 121 Å². The summed E-state index contributed by atoms with van der Waals surface area (Å²) in [5.74, 6) is -0.894. The molecule has 3 N–H and O–H groups in total. The van der Waals surface area contributed by atoms with Gasteiger partial charge in [-0.1, -0.05) is 34.1 Å². The van der Waals surface area contributed by atoms with Crippen LogP contribution in [-0.4, -0.2) is 29.7 Å². The van der Waals surface area contributed by atoms with Crippen molar-refractivity contribution in [3.63, 3.8) is 0 Å². The summed E-state index contributed by atoms with van der Waals surface area (Å²) in [5, 5.41) is 14.6. The first kappa shape index (κ1) is 16.8. The molecule has 0 aliphatic heterocycles. The summed E-state index contributed by atoms with van der Waals surface area (Å²) in [6.07, 6.45) is 4.59. The van der Waals surface area contributed by atoms with Crippen molar-refractivity contribution in [2.75, 3.05) is 6.54 Å². The van der Waals surface area contributed by atoms with Crippen molar-refractivity contribution < 1.29 is 14.7 Å². The van der Waals surface area contributed by atoms with Crippen LogP contribution in [0.3, 0.4) is 0 Å². The van der Waals surface area contributed by atoms with Crippen LogP contribution in [0.15, 0.2) is 0 Å². The van der Waals surface area contributed by atoms with Gasteiger partial charge in [-0.05, 0) is 30.1 Å². The van der Waals surface area contributed by atoms with Gasteiger partial charge in [0.2, 0.25) is 0 Å². The fourth-order valence-corrected chi connectivity index (χ4v) is 2.56. The molecule has 0 aromatic rings. The molecule has 1 aliphatic rings. The van der Waals surface area contributed by atoms with E-state index in [9.17, 15) is 9.59 Å². The van der Waals surface area contributed by atoms with Gasteiger partial charge in [-0.15, -0.1) is 0 Å². The Kier molecular flexibility index (Phi) is 5.42. The Morgan fingerprint density at radius 2 is 1.90 bits per heavy atom. The molecular formula is C15H28N2O3. The molecule has 1 unspecified atom stereocenters. The minimum atomic E-state index is -0.894. The zero-order chi connectivity index (χ0) is 15.4. The number of hydrogen-bond donors (Lipinski definition) is 3. The third-order valence-corrected chi connectivity index (χ3v) is 4.52. The fourth-order valence-electron chi connectivity index (χ4n) is 2.56.